The highest BCUT2D eigenvalue weighted by Crippen LogP contribution is 2.19. The normalized spacial score (nSPS) is 19.1. The molecule has 3 heterocycles. The van der Waals surface area contributed by atoms with E-state index in [1.165, 1.54) is 0 Å². The maximum absolute atomic E-state index is 12.0. The van der Waals surface area contributed by atoms with Gasteiger partial charge in [-0.2, -0.15) is 5.10 Å². The van der Waals surface area contributed by atoms with Gasteiger partial charge < -0.3 is 9.15 Å². The van der Waals surface area contributed by atoms with Crippen molar-refractivity contribution in [2.24, 2.45) is 0 Å². The van der Waals surface area contributed by atoms with E-state index in [1.54, 1.807) is 4.57 Å². The number of nitrogens with one attached hydrogen (secondary N) is 1. The predicted molar refractivity (Wildman–Crippen MR) is 86.7 cm³/mol. The molecule has 1 saturated heterocycles. The Morgan fingerprint density at radius 3 is 3.04 bits per heavy atom. The second kappa shape index (κ2) is 6.21. The summed E-state index contributed by atoms with van der Waals surface area (Å²) in [6, 6.07) is 7.48. The Balaban J connectivity index is 1.45. The lowest BCUT2D eigenvalue weighted by Crippen LogP contribution is -2.40. The van der Waals surface area contributed by atoms with E-state index in [0.717, 1.165) is 24.4 Å². The maximum Gasteiger partial charge on any atom is 0.419 e. The molecule has 0 spiro atoms. The summed E-state index contributed by atoms with van der Waals surface area (Å²) in [5.74, 6) is 1.15. The van der Waals surface area contributed by atoms with Crippen molar-refractivity contribution in [1.29, 1.82) is 0 Å². The van der Waals surface area contributed by atoms with Crippen LogP contribution < -0.4 is 5.76 Å². The third-order valence-corrected chi connectivity index (χ3v) is 4.27. The van der Waals surface area contributed by atoms with Gasteiger partial charge in [0.05, 0.1) is 12.1 Å². The first-order valence-corrected chi connectivity index (χ1v) is 8.02. The number of fused-ring (bicyclic) bond motifs is 1. The third-order valence-electron chi connectivity index (χ3n) is 4.27. The Bertz CT molecular complexity index is 896. The average Bonchev–Trinajstić information content (AvgIpc) is 3.16. The van der Waals surface area contributed by atoms with Crippen LogP contribution in [0.25, 0.3) is 11.1 Å². The molecular formula is C16H19N5O3. The fourth-order valence-corrected chi connectivity index (χ4v) is 3.03. The summed E-state index contributed by atoms with van der Waals surface area (Å²) in [7, 11) is 0. The first kappa shape index (κ1) is 15.1. The monoisotopic (exact) mass is 329 g/mol. The molecule has 8 nitrogen and oxygen atoms in total. The Morgan fingerprint density at radius 2 is 2.21 bits per heavy atom. The summed E-state index contributed by atoms with van der Waals surface area (Å²) in [6.07, 6.45) is -0.137. The average molecular weight is 329 g/mol. The van der Waals surface area contributed by atoms with Crippen LogP contribution in [0.4, 0.5) is 0 Å². The Morgan fingerprint density at radius 1 is 1.33 bits per heavy atom. The molecular weight excluding hydrogens is 310 g/mol. The summed E-state index contributed by atoms with van der Waals surface area (Å²) >= 11 is 0. The molecule has 0 saturated carbocycles. The molecule has 0 radical (unpaired) electrons. The summed E-state index contributed by atoms with van der Waals surface area (Å²) in [4.78, 5) is 18.6. The highest BCUT2D eigenvalue weighted by atomic mass is 16.5. The fraction of sp³-hybridized carbons (Fsp3) is 0.438. The molecule has 1 unspecified atom stereocenters. The smallest absolute Gasteiger partial charge is 0.408 e. The molecule has 1 aliphatic rings. The van der Waals surface area contributed by atoms with Gasteiger partial charge >= 0.3 is 5.76 Å². The number of hydrogen-bond donors (Lipinski definition) is 1. The number of ether oxygens (including phenoxy) is 1. The molecule has 2 aromatic heterocycles. The molecule has 3 aromatic rings. The Hall–Kier alpha value is -2.45. The van der Waals surface area contributed by atoms with Gasteiger partial charge in [-0.05, 0) is 19.1 Å². The van der Waals surface area contributed by atoms with Crippen molar-refractivity contribution in [2.75, 3.05) is 26.2 Å². The minimum atomic E-state index is -0.314. The summed E-state index contributed by atoms with van der Waals surface area (Å²) in [6.45, 7) is 5.35. The SMILES string of the molecule is Cc1nc(C2CN(CCn3c(=O)oc4ccccc43)CCO2)n[nH]1. The largest absolute Gasteiger partial charge is 0.419 e. The van der Waals surface area contributed by atoms with Crippen molar-refractivity contribution in [2.45, 2.75) is 19.6 Å². The molecule has 1 fully saturated rings. The number of aromatic nitrogens is 4. The number of aryl methyl sites for hydroxylation is 1. The molecule has 0 amide bonds. The number of hydrogen-bond acceptors (Lipinski definition) is 6. The zero-order chi connectivity index (χ0) is 16.5. The van der Waals surface area contributed by atoms with E-state index in [-0.39, 0.29) is 11.9 Å². The number of H-pyrrole nitrogens is 1. The minimum absolute atomic E-state index is 0.137. The van der Waals surface area contributed by atoms with Crippen molar-refractivity contribution >= 4 is 11.1 Å². The molecule has 8 heteroatoms. The van der Waals surface area contributed by atoms with E-state index < -0.39 is 0 Å². The first-order chi connectivity index (χ1) is 11.7. The summed E-state index contributed by atoms with van der Waals surface area (Å²) < 4.78 is 12.7. The summed E-state index contributed by atoms with van der Waals surface area (Å²) in [5.41, 5.74) is 1.45. The maximum atomic E-state index is 12.0. The number of rotatable bonds is 4. The van der Waals surface area contributed by atoms with Crippen LogP contribution in [0.1, 0.15) is 17.8 Å². The van der Waals surface area contributed by atoms with Crippen molar-refractivity contribution in [3.05, 3.63) is 46.5 Å². The van der Waals surface area contributed by atoms with Gasteiger partial charge in [-0.1, -0.05) is 12.1 Å². The van der Waals surface area contributed by atoms with Crippen LogP contribution >= 0.6 is 0 Å². The number of oxazole rings is 1. The third kappa shape index (κ3) is 2.85. The van der Waals surface area contributed by atoms with E-state index in [2.05, 4.69) is 20.1 Å². The molecule has 1 aliphatic heterocycles. The Labute approximate surface area is 138 Å². The molecule has 24 heavy (non-hydrogen) atoms. The van der Waals surface area contributed by atoms with Gasteiger partial charge in [0, 0.05) is 26.2 Å². The number of morpholine rings is 1. The quantitative estimate of drug-likeness (QED) is 0.771. The van der Waals surface area contributed by atoms with E-state index in [4.69, 9.17) is 9.15 Å². The molecule has 1 N–H and O–H groups in total. The molecule has 4 rings (SSSR count). The van der Waals surface area contributed by atoms with Gasteiger partial charge in [0.15, 0.2) is 11.4 Å². The molecule has 1 atom stereocenters. The van der Waals surface area contributed by atoms with Crippen LogP contribution in [0, 0.1) is 6.92 Å². The van der Waals surface area contributed by atoms with Crippen molar-refractivity contribution in [3.63, 3.8) is 0 Å². The molecule has 0 aliphatic carbocycles. The van der Waals surface area contributed by atoms with E-state index in [0.29, 0.717) is 31.1 Å². The van der Waals surface area contributed by atoms with Crippen LogP contribution in [-0.2, 0) is 11.3 Å². The van der Waals surface area contributed by atoms with Crippen LogP contribution in [0.5, 0.6) is 0 Å². The highest BCUT2D eigenvalue weighted by Gasteiger charge is 2.25. The molecule has 126 valence electrons. The van der Waals surface area contributed by atoms with Gasteiger partial charge in [0.25, 0.3) is 0 Å². The van der Waals surface area contributed by atoms with Crippen LogP contribution in [0.2, 0.25) is 0 Å². The second-order valence-electron chi connectivity index (χ2n) is 5.93. The van der Waals surface area contributed by atoms with Gasteiger partial charge in [0.2, 0.25) is 0 Å². The minimum Gasteiger partial charge on any atom is -0.408 e. The zero-order valence-corrected chi connectivity index (χ0v) is 13.4. The van der Waals surface area contributed by atoms with Crippen LogP contribution in [0.15, 0.2) is 33.5 Å². The number of para-hydroxylation sites is 2. The van der Waals surface area contributed by atoms with Gasteiger partial charge in [-0.25, -0.2) is 9.78 Å². The summed E-state index contributed by atoms with van der Waals surface area (Å²) in [5, 5.41) is 7.03. The lowest BCUT2D eigenvalue weighted by atomic mass is 10.2. The first-order valence-electron chi connectivity index (χ1n) is 8.02. The molecule has 0 bridgehead atoms. The number of benzene rings is 1. The number of nitrogens with zero attached hydrogens (tertiary/aromatic N) is 4. The van der Waals surface area contributed by atoms with Crippen molar-refractivity contribution in [3.8, 4) is 0 Å². The number of aromatic amines is 1. The fourth-order valence-electron chi connectivity index (χ4n) is 3.03. The predicted octanol–water partition coefficient (Wildman–Crippen LogP) is 1.09. The Kier molecular flexibility index (Phi) is 3.91. The lowest BCUT2D eigenvalue weighted by Gasteiger charge is -2.31. The standard InChI is InChI=1S/C16H19N5O3/c1-11-17-15(19-18-11)14-10-20(8-9-23-14)6-7-21-12-4-2-3-5-13(12)24-16(21)22/h2-5,14H,6-10H2,1H3,(H,17,18,19). The van der Waals surface area contributed by atoms with E-state index >= 15 is 0 Å². The van der Waals surface area contributed by atoms with Gasteiger partial charge in [-0.15, -0.1) is 0 Å². The van der Waals surface area contributed by atoms with Gasteiger partial charge in [-0.3, -0.25) is 14.6 Å². The topological polar surface area (TPSA) is 89.2 Å². The van der Waals surface area contributed by atoms with Gasteiger partial charge in [0.1, 0.15) is 11.9 Å². The van der Waals surface area contributed by atoms with Crippen molar-refractivity contribution < 1.29 is 9.15 Å². The molecule has 1 aromatic carbocycles. The lowest BCUT2D eigenvalue weighted by molar-refractivity contribution is -0.0350. The van der Waals surface area contributed by atoms with E-state index in [1.807, 2.05) is 31.2 Å². The van der Waals surface area contributed by atoms with Crippen molar-refractivity contribution in [1.82, 2.24) is 24.6 Å². The van der Waals surface area contributed by atoms with Crippen LogP contribution in [0.3, 0.4) is 0 Å². The van der Waals surface area contributed by atoms with E-state index in [9.17, 15) is 4.79 Å². The van der Waals surface area contributed by atoms with Crippen LogP contribution in [-0.4, -0.2) is 50.9 Å². The highest BCUT2D eigenvalue weighted by molar-refractivity contribution is 5.72. The zero-order valence-electron chi connectivity index (χ0n) is 13.4. The second-order valence-corrected chi connectivity index (χ2v) is 5.93.